The maximum Gasteiger partial charge on any atom is 0.321 e. The zero-order valence-corrected chi connectivity index (χ0v) is 12.2. The molecule has 1 N–H and O–H groups in total. The van der Waals surface area contributed by atoms with Crippen molar-refractivity contribution in [2.24, 2.45) is 0 Å². The van der Waals surface area contributed by atoms with Crippen LogP contribution in [0.4, 0.5) is 10.5 Å². The maximum atomic E-state index is 12.1. The fourth-order valence-corrected chi connectivity index (χ4v) is 1.96. The molecule has 4 heteroatoms. The molecule has 21 heavy (non-hydrogen) atoms. The zero-order chi connectivity index (χ0) is 15.2. The molecule has 0 aliphatic rings. The molecular weight excluding hydrogens is 264 g/mol. The van der Waals surface area contributed by atoms with Gasteiger partial charge in [-0.1, -0.05) is 42.5 Å². The average molecular weight is 282 g/mol. The minimum absolute atomic E-state index is 0.0243. The summed E-state index contributed by atoms with van der Waals surface area (Å²) in [7, 11) is 1.73. The number of anilines is 1. The van der Waals surface area contributed by atoms with Gasteiger partial charge in [-0.2, -0.15) is 0 Å². The Morgan fingerprint density at radius 3 is 2.43 bits per heavy atom. The van der Waals surface area contributed by atoms with Crippen LogP contribution in [0.15, 0.2) is 54.6 Å². The van der Waals surface area contributed by atoms with Crippen LogP contribution in [0.25, 0.3) is 0 Å². The van der Waals surface area contributed by atoms with Crippen molar-refractivity contribution in [2.75, 3.05) is 12.4 Å². The monoisotopic (exact) mass is 282 g/mol. The van der Waals surface area contributed by atoms with Crippen molar-refractivity contribution in [1.29, 1.82) is 0 Å². The average Bonchev–Trinajstić information content (AvgIpc) is 2.48. The van der Waals surface area contributed by atoms with E-state index in [1.54, 1.807) is 36.2 Å². The van der Waals surface area contributed by atoms with E-state index < -0.39 is 0 Å². The van der Waals surface area contributed by atoms with Gasteiger partial charge in [0.1, 0.15) is 0 Å². The molecule has 0 radical (unpaired) electrons. The van der Waals surface area contributed by atoms with Gasteiger partial charge in [-0.25, -0.2) is 4.79 Å². The number of urea groups is 1. The number of nitrogens with one attached hydrogen (secondary N) is 1. The number of Topliss-reactive ketones (excluding diaryl/α,β-unsaturated/α-hetero) is 1. The van der Waals surface area contributed by atoms with E-state index in [-0.39, 0.29) is 11.8 Å². The Balaban J connectivity index is 2.00. The molecule has 0 unspecified atom stereocenters. The molecule has 0 bridgehead atoms. The molecule has 0 aliphatic heterocycles. The lowest BCUT2D eigenvalue weighted by atomic mass is 10.1. The van der Waals surface area contributed by atoms with Crippen LogP contribution in [-0.4, -0.2) is 23.8 Å². The Morgan fingerprint density at radius 1 is 1.05 bits per heavy atom. The second kappa shape index (κ2) is 6.70. The van der Waals surface area contributed by atoms with Gasteiger partial charge in [-0.3, -0.25) is 4.79 Å². The summed E-state index contributed by atoms with van der Waals surface area (Å²) < 4.78 is 0. The Bertz CT molecular complexity index is 638. The predicted molar refractivity (Wildman–Crippen MR) is 83.4 cm³/mol. The van der Waals surface area contributed by atoms with Crippen LogP contribution in [0, 0.1) is 0 Å². The number of amides is 2. The smallest absolute Gasteiger partial charge is 0.321 e. The van der Waals surface area contributed by atoms with E-state index in [9.17, 15) is 9.59 Å². The highest BCUT2D eigenvalue weighted by Gasteiger charge is 2.10. The molecule has 0 heterocycles. The molecule has 2 aromatic rings. The third-order valence-corrected chi connectivity index (χ3v) is 3.13. The summed E-state index contributed by atoms with van der Waals surface area (Å²) in [5.41, 5.74) is 2.26. The van der Waals surface area contributed by atoms with Crippen LogP contribution in [0.2, 0.25) is 0 Å². The van der Waals surface area contributed by atoms with E-state index in [1.807, 2.05) is 30.3 Å². The highest BCUT2D eigenvalue weighted by Crippen LogP contribution is 2.12. The number of hydrogen-bond acceptors (Lipinski definition) is 2. The minimum Gasteiger partial charge on any atom is -0.323 e. The highest BCUT2D eigenvalue weighted by molar-refractivity contribution is 5.96. The highest BCUT2D eigenvalue weighted by atomic mass is 16.2. The fourth-order valence-electron chi connectivity index (χ4n) is 1.96. The lowest BCUT2D eigenvalue weighted by Gasteiger charge is -2.18. The van der Waals surface area contributed by atoms with Crippen molar-refractivity contribution in [2.45, 2.75) is 13.5 Å². The van der Waals surface area contributed by atoms with Gasteiger partial charge in [0.15, 0.2) is 5.78 Å². The normalized spacial score (nSPS) is 10.0. The first kappa shape index (κ1) is 14.8. The van der Waals surface area contributed by atoms with E-state index in [1.165, 1.54) is 6.92 Å². The topological polar surface area (TPSA) is 49.4 Å². The molecule has 0 atom stereocenters. The molecule has 0 spiro atoms. The molecule has 0 fully saturated rings. The number of ketones is 1. The summed E-state index contributed by atoms with van der Waals surface area (Å²) in [5.74, 6) is -0.0243. The second-order valence-electron chi connectivity index (χ2n) is 4.91. The largest absolute Gasteiger partial charge is 0.323 e. The number of carbonyl (C=O) groups excluding carboxylic acids is 2. The van der Waals surface area contributed by atoms with Gasteiger partial charge in [-0.15, -0.1) is 0 Å². The Labute approximate surface area is 124 Å². The van der Waals surface area contributed by atoms with Gasteiger partial charge in [0.25, 0.3) is 0 Å². The zero-order valence-electron chi connectivity index (χ0n) is 12.2. The second-order valence-corrected chi connectivity index (χ2v) is 4.91. The summed E-state index contributed by atoms with van der Waals surface area (Å²) in [5, 5.41) is 2.79. The summed E-state index contributed by atoms with van der Waals surface area (Å²) >= 11 is 0. The first-order valence-corrected chi connectivity index (χ1v) is 6.73. The number of hydrogen-bond donors (Lipinski definition) is 1. The van der Waals surface area contributed by atoms with Gasteiger partial charge in [0.05, 0.1) is 0 Å². The molecule has 2 amide bonds. The molecular formula is C17H18N2O2. The van der Waals surface area contributed by atoms with Crippen LogP contribution in [0.1, 0.15) is 22.8 Å². The van der Waals surface area contributed by atoms with Crippen LogP contribution in [-0.2, 0) is 6.54 Å². The predicted octanol–water partition coefficient (Wildman–Crippen LogP) is 3.55. The summed E-state index contributed by atoms with van der Waals surface area (Å²) in [6.45, 7) is 2.03. The quantitative estimate of drug-likeness (QED) is 0.872. The van der Waals surface area contributed by atoms with Crippen LogP contribution < -0.4 is 5.32 Å². The SMILES string of the molecule is CC(=O)c1cccc(NC(=O)N(C)Cc2ccccc2)c1. The standard InChI is InChI=1S/C17H18N2O2/c1-13(20)15-9-6-10-16(11-15)18-17(21)19(2)12-14-7-4-3-5-8-14/h3-11H,12H2,1-2H3,(H,18,21). The first-order valence-electron chi connectivity index (χ1n) is 6.73. The van der Waals surface area contributed by atoms with Crippen LogP contribution in [0.5, 0.6) is 0 Å². The molecule has 0 saturated carbocycles. The maximum absolute atomic E-state index is 12.1. The third-order valence-electron chi connectivity index (χ3n) is 3.13. The molecule has 2 rings (SSSR count). The number of benzene rings is 2. The van der Waals surface area contributed by atoms with E-state index in [0.717, 1.165) is 5.56 Å². The Kier molecular flexibility index (Phi) is 4.72. The fraction of sp³-hybridized carbons (Fsp3) is 0.176. The molecule has 0 saturated heterocycles. The van der Waals surface area contributed by atoms with E-state index in [2.05, 4.69) is 5.32 Å². The van der Waals surface area contributed by atoms with E-state index in [4.69, 9.17) is 0 Å². The lowest BCUT2D eigenvalue weighted by Crippen LogP contribution is -2.30. The van der Waals surface area contributed by atoms with Gasteiger partial charge < -0.3 is 10.2 Å². The minimum atomic E-state index is -0.209. The van der Waals surface area contributed by atoms with Gasteiger partial charge in [0.2, 0.25) is 0 Å². The van der Waals surface area contributed by atoms with Gasteiger partial charge in [0, 0.05) is 24.8 Å². The third kappa shape index (κ3) is 4.18. The molecule has 2 aromatic carbocycles. The summed E-state index contributed by atoms with van der Waals surface area (Å²) in [4.78, 5) is 25.1. The first-order chi connectivity index (χ1) is 10.1. The van der Waals surface area contributed by atoms with E-state index in [0.29, 0.717) is 17.8 Å². The number of nitrogens with zero attached hydrogens (tertiary/aromatic N) is 1. The molecule has 0 aromatic heterocycles. The molecule has 4 nitrogen and oxygen atoms in total. The molecule has 0 aliphatic carbocycles. The number of carbonyl (C=O) groups is 2. The van der Waals surface area contributed by atoms with Gasteiger partial charge in [-0.05, 0) is 24.6 Å². The van der Waals surface area contributed by atoms with Crippen molar-refractivity contribution in [1.82, 2.24) is 4.90 Å². The molecule has 108 valence electrons. The lowest BCUT2D eigenvalue weighted by molar-refractivity contribution is 0.101. The van der Waals surface area contributed by atoms with Crippen molar-refractivity contribution >= 4 is 17.5 Å². The van der Waals surface area contributed by atoms with Crippen molar-refractivity contribution in [3.05, 3.63) is 65.7 Å². The van der Waals surface area contributed by atoms with Crippen molar-refractivity contribution in [3.8, 4) is 0 Å². The van der Waals surface area contributed by atoms with Gasteiger partial charge >= 0.3 is 6.03 Å². The Morgan fingerprint density at radius 2 is 1.76 bits per heavy atom. The summed E-state index contributed by atoms with van der Waals surface area (Å²) in [6.07, 6.45) is 0. The number of rotatable bonds is 4. The Hall–Kier alpha value is -2.62. The van der Waals surface area contributed by atoms with Crippen LogP contribution >= 0.6 is 0 Å². The summed E-state index contributed by atoms with van der Waals surface area (Å²) in [6, 6.07) is 16.5. The van der Waals surface area contributed by atoms with Crippen LogP contribution in [0.3, 0.4) is 0 Å². The van der Waals surface area contributed by atoms with Crippen molar-refractivity contribution < 1.29 is 9.59 Å². The van der Waals surface area contributed by atoms with Crippen molar-refractivity contribution in [3.63, 3.8) is 0 Å². The van der Waals surface area contributed by atoms with E-state index >= 15 is 0 Å².